The SMILES string of the molecule is C=CCN(C(=O)c1cc(F)c(F)cc1N)C1CC1. The summed E-state index contributed by atoms with van der Waals surface area (Å²) in [7, 11) is 0. The van der Waals surface area contributed by atoms with E-state index in [1.165, 1.54) is 0 Å². The third kappa shape index (κ3) is 2.34. The number of anilines is 1. The molecule has 1 fully saturated rings. The number of halogens is 2. The normalized spacial score (nSPS) is 14.3. The summed E-state index contributed by atoms with van der Waals surface area (Å²) >= 11 is 0. The van der Waals surface area contributed by atoms with E-state index in [1.807, 2.05) is 0 Å². The van der Waals surface area contributed by atoms with Gasteiger partial charge in [0.15, 0.2) is 11.6 Å². The van der Waals surface area contributed by atoms with E-state index in [2.05, 4.69) is 6.58 Å². The van der Waals surface area contributed by atoms with Crippen LogP contribution in [0.1, 0.15) is 23.2 Å². The summed E-state index contributed by atoms with van der Waals surface area (Å²) in [6.45, 7) is 3.96. The number of hydrogen-bond acceptors (Lipinski definition) is 2. The maximum absolute atomic E-state index is 13.2. The van der Waals surface area contributed by atoms with Crippen LogP contribution in [0.2, 0.25) is 0 Å². The number of hydrogen-bond donors (Lipinski definition) is 1. The Labute approximate surface area is 104 Å². The third-order valence-corrected chi connectivity index (χ3v) is 2.90. The van der Waals surface area contributed by atoms with Crippen molar-refractivity contribution in [1.82, 2.24) is 4.90 Å². The number of benzene rings is 1. The molecule has 0 radical (unpaired) electrons. The molecule has 5 heteroatoms. The van der Waals surface area contributed by atoms with Gasteiger partial charge in [-0.15, -0.1) is 6.58 Å². The van der Waals surface area contributed by atoms with Gasteiger partial charge in [0, 0.05) is 24.3 Å². The first-order valence-electron chi connectivity index (χ1n) is 5.71. The monoisotopic (exact) mass is 252 g/mol. The summed E-state index contributed by atoms with van der Waals surface area (Å²) in [4.78, 5) is 13.8. The zero-order chi connectivity index (χ0) is 13.3. The average Bonchev–Trinajstić information content (AvgIpc) is 3.14. The number of nitrogen functional groups attached to an aromatic ring is 1. The van der Waals surface area contributed by atoms with Gasteiger partial charge in [-0.25, -0.2) is 8.78 Å². The van der Waals surface area contributed by atoms with Crippen LogP contribution in [0.25, 0.3) is 0 Å². The zero-order valence-electron chi connectivity index (χ0n) is 9.83. The van der Waals surface area contributed by atoms with Crippen LogP contribution in [-0.4, -0.2) is 23.4 Å². The number of amides is 1. The first-order chi connectivity index (χ1) is 8.54. The van der Waals surface area contributed by atoms with E-state index in [-0.39, 0.29) is 23.2 Å². The van der Waals surface area contributed by atoms with E-state index in [9.17, 15) is 13.6 Å². The minimum atomic E-state index is -1.07. The highest BCUT2D eigenvalue weighted by atomic mass is 19.2. The van der Waals surface area contributed by atoms with E-state index in [1.54, 1.807) is 11.0 Å². The largest absolute Gasteiger partial charge is 0.398 e. The quantitative estimate of drug-likeness (QED) is 0.660. The van der Waals surface area contributed by atoms with Crippen molar-refractivity contribution >= 4 is 11.6 Å². The molecule has 18 heavy (non-hydrogen) atoms. The zero-order valence-corrected chi connectivity index (χ0v) is 9.83. The molecule has 2 rings (SSSR count). The Hall–Kier alpha value is -1.91. The highest BCUT2D eigenvalue weighted by Crippen LogP contribution is 2.29. The van der Waals surface area contributed by atoms with Crippen LogP contribution in [0.5, 0.6) is 0 Å². The molecule has 96 valence electrons. The van der Waals surface area contributed by atoms with Gasteiger partial charge < -0.3 is 10.6 Å². The Morgan fingerprint density at radius 2 is 2.06 bits per heavy atom. The Bertz CT molecular complexity index is 498. The van der Waals surface area contributed by atoms with Crippen molar-refractivity contribution < 1.29 is 13.6 Å². The second-order valence-electron chi connectivity index (χ2n) is 4.33. The van der Waals surface area contributed by atoms with Gasteiger partial charge in [0.2, 0.25) is 0 Å². The van der Waals surface area contributed by atoms with Crippen molar-refractivity contribution in [2.24, 2.45) is 0 Å². The molecule has 1 amide bonds. The molecule has 0 aliphatic heterocycles. The molecule has 0 atom stereocenters. The smallest absolute Gasteiger partial charge is 0.256 e. The minimum absolute atomic E-state index is 0.00245. The van der Waals surface area contributed by atoms with E-state index in [0.29, 0.717) is 6.54 Å². The van der Waals surface area contributed by atoms with Gasteiger partial charge in [0.25, 0.3) is 5.91 Å². The highest BCUT2D eigenvalue weighted by Gasteiger charge is 2.33. The van der Waals surface area contributed by atoms with Gasteiger partial charge in [-0.3, -0.25) is 4.79 Å². The van der Waals surface area contributed by atoms with Crippen molar-refractivity contribution in [2.45, 2.75) is 18.9 Å². The van der Waals surface area contributed by atoms with Crippen molar-refractivity contribution in [3.63, 3.8) is 0 Å². The molecule has 1 aliphatic carbocycles. The summed E-state index contributed by atoms with van der Waals surface area (Å²) in [5.41, 5.74) is 5.52. The first-order valence-corrected chi connectivity index (χ1v) is 5.71. The van der Waals surface area contributed by atoms with Crippen molar-refractivity contribution in [3.05, 3.63) is 42.0 Å². The molecule has 1 saturated carbocycles. The predicted molar refractivity (Wildman–Crippen MR) is 65.0 cm³/mol. The van der Waals surface area contributed by atoms with E-state index in [4.69, 9.17) is 5.73 Å². The van der Waals surface area contributed by atoms with Crippen LogP contribution in [0.4, 0.5) is 14.5 Å². The molecule has 0 heterocycles. The van der Waals surface area contributed by atoms with Crippen molar-refractivity contribution in [2.75, 3.05) is 12.3 Å². The fourth-order valence-electron chi connectivity index (χ4n) is 1.83. The molecule has 1 aromatic carbocycles. The topological polar surface area (TPSA) is 46.3 Å². The Morgan fingerprint density at radius 1 is 1.44 bits per heavy atom. The minimum Gasteiger partial charge on any atom is -0.398 e. The van der Waals surface area contributed by atoms with Gasteiger partial charge in [-0.2, -0.15) is 0 Å². The number of nitrogens with two attached hydrogens (primary N) is 1. The van der Waals surface area contributed by atoms with Gasteiger partial charge >= 0.3 is 0 Å². The van der Waals surface area contributed by atoms with E-state index in [0.717, 1.165) is 25.0 Å². The van der Waals surface area contributed by atoms with Crippen LogP contribution in [0, 0.1) is 11.6 Å². The van der Waals surface area contributed by atoms with Crippen LogP contribution in [0.3, 0.4) is 0 Å². The van der Waals surface area contributed by atoms with Crippen LogP contribution < -0.4 is 5.73 Å². The Kier molecular flexibility index (Phi) is 3.32. The third-order valence-electron chi connectivity index (χ3n) is 2.90. The summed E-state index contributed by atoms with van der Waals surface area (Å²) < 4.78 is 26.1. The second kappa shape index (κ2) is 4.76. The average molecular weight is 252 g/mol. The summed E-state index contributed by atoms with van der Waals surface area (Å²) in [5, 5.41) is 0. The number of nitrogens with zero attached hydrogens (tertiary/aromatic N) is 1. The fraction of sp³-hybridized carbons (Fsp3) is 0.308. The fourth-order valence-corrected chi connectivity index (χ4v) is 1.83. The molecule has 1 aromatic rings. The Morgan fingerprint density at radius 3 is 2.61 bits per heavy atom. The molecule has 1 aliphatic rings. The molecule has 3 nitrogen and oxygen atoms in total. The lowest BCUT2D eigenvalue weighted by atomic mass is 10.1. The highest BCUT2D eigenvalue weighted by molar-refractivity contribution is 5.99. The van der Waals surface area contributed by atoms with Crippen molar-refractivity contribution in [1.29, 1.82) is 0 Å². The van der Waals surface area contributed by atoms with Gasteiger partial charge in [0.05, 0.1) is 5.56 Å². The molecule has 0 saturated heterocycles. The van der Waals surface area contributed by atoms with Gasteiger partial charge in [-0.1, -0.05) is 6.08 Å². The second-order valence-corrected chi connectivity index (χ2v) is 4.33. The van der Waals surface area contributed by atoms with Crippen LogP contribution >= 0.6 is 0 Å². The standard InChI is InChI=1S/C13H14F2N2O/c1-2-5-17(8-3-4-8)13(18)9-6-10(14)11(15)7-12(9)16/h2,6-8H,1,3-5,16H2. The van der Waals surface area contributed by atoms with E-state index >= 15 is 0 Å². The van der Waals surface area contributed by atoms with Gasteiger partial charge in [0.1, 0.15) is 0 Å². The number of carbonyl (C=O) groups is 1. The molecular formula is C13H14F2N2O. The maximum atomic E-state index is 13.2. The molecule has 0 aromatic heterocycles. The lowest BCUT2D eigenvalue weighted by molar-refractivity contribution is 0.0763. The van der Waals surface area contributed by atoms with Crippen LogP contribution in [0.15, 0.2) is 24.8 Å². The first kappa shape index (κ1) is 12.5. The Balaban J connectivity index is 2.31. The maximum Gasteiger partial charge on any atom is 0.256 e. The number of carbonyl (C=O) groups excluding carboxylic acids is 1. The summed E-state index contributed by atoms with van der Waals surface area (Å²) in [6.07, 6.45) is 3.44. The summed E-state index contributed by atoms with van der Waals surface area (Å²) in [6, 6.07) is 1.84. The lowest BCUT2D eigenvalue weighted by Gasteiger charge is -2.21. The molecule has 0 spiro atoms. The molecule has 0 bridgehead atoms. The van der Waals surface area contributed by atoms with E-state index < -0.39 is 11.6 Å². The van der Waals surface area contributed by atoms with Gasteiger partial charge in [-0.05, 0) is 18.9 Å². The molecular weight excluding hydrogens is 238 g/mol. The van der Waals surface area contributed by atoms with Crippen molar-refractivity contribution in [3.8, 4) is 0 Å². The number of rotatable bonds is 4. The lowest BCUT2D eigenvalue weighted by Crippen LogP contribution is -2.33. The van der Waals surface area contributed by atoms with Crippen LogP contribution in [-0.2, 0) is 0 Å². The molecule has 2 N–H and O–H groups in total. The predicted octanol–water partition coefficient (Wildman–Crippen LogP) is 2.34. The molecule has 0 unspecified atom stereocenters. The summed E-state index contributed by atoms with van der Waals surface area (Å²) in [5.74, 6) is -2.50.